The number of carboxylic acid groups (broad SMARTS) is 1. The fourth-order valence-electron chi connectivity index (χ4n) is 3.43. The Hall–Kier alpha value is -1.95. The van der Waals surface area contributed by atoms with Gasteiger partial charge in [0.15, 0.2) is 0 Å². The predicted molar refractivity (Wildman–Crippen MR) is 94.3 cm³/mol. The minimum atomic E-state index is -0.803. The third-order valence-corrected chi connectivity index (χ3v) is 5.17. The molecule has 1 heterocycles. The number of ether oxygens (including phenoxy) is 1. The zero-order valence-electron chi connectivity index (χ0n) is 15.0. The summed E-state index contributed by atoms with van der Waals surface area (Å²) in [6.45, 7) is 2.06. The Morgan fingerprint density at radius 1 is 1.23 bits per heavy atom. The highest BCUT2D eigenvalue weighted by Gasteiger charge is 2.25. The van der Waals surface area contributed by atoms with Crippen molar-refractivity contribution in [3.05, 3.63) is 35.1 Å². The van der Waals surface area contributed by atoms with Crippen molar-refractivity contribution in [3.63, 3.8) is 0 Å². The van der Waals surface area contributed by atoms with Gasteiger partial charge in [0.2, 0.25) is 0 Å². The molecule has 1 atom stereocenters. The lowest BCUT2D eigenvalue weighted by Gasteiger charge is -2.32. The Morgan fingerprint density at radius 2 is 2.04 bits per heavy atom. The standard InChI is InChI=1S/C20H26FNO4/c21-18-7-6-16(10-17(18)13-26-12-15-3-4-15)20(25)22-9-1-2-14(11-22)5-8-19(23)24/h6-7,10,14-15H,1-5,8-9,11-13H2,(H,23,24)/t14-/m0/s1. The van der Waals surface area contributed by atoms with Crippen molar-refractivity contribution in [2.24, 2.45) is 11.8 Å². The Bertz CT molecular complexity index is 659. The molecule has 6 heteroatoms. The molecule has 1 amide bonds. The molecule has 1 aliphatic carbocycles. The quantitative estimate of drug-likeness (QED) is 0.768. The number of carbonyl (C=O) groups is 2. The maximum atomic E-state index is 14.0. The number of hydrogen-bond donors (Lipinski definition) is 1. The number of hydrogen-bond acceptors (Lipinski definition) is 3. The molecule has 1 aromatic carbocycles. The van der Waals surface area contributed by atoms with Crippen molar-refractivity contribution in [2.45, 2.75) is 45.1 Å². The Morgan fingerprint density at radius 3 is 2.77 bits per heavy atom. The fourth-order valence-corrected chi connectivity index (χ4v) is 3.43. The van der Waals surface area contributed by atoms with Crippen molar-refractivity contribution in [2.75, 3.05) is 19.7 Å². The SMILES string of the molecule is O=C(O)CC[C@@H]1CCCN(C(=O)c2ccc(F)c(COCC3CC3)c2)C1. The number of carboxylic acids is 1. The summed E-state index contributed by atoms with van der Waals surface area (Å²) in [6.07, 6.45) is 4.89. The molecule has 0 unspecified atom stereocenters. The lowest BCUT2D eigenvalue weighted by Crippen LogP contribution is -2.40. The lowest BCUT2D eigenvalue weighted by molar-refractivity contribution is -0.137. The van der Waals surface area contributed by atoms with Gasteiger partial charge in [-0.15, -0.1) is 0 Å². The summed E-state index contributed by atoms with van der Waals surface area (Å²) in [6, 6.07) is 4.43. The molecule has 0 aromatic heterocycles. The van der Waals surface area contributed by atoms with Gasteiger partial charge in [-0.25, -0.2) is 4.39 Å². The maximum Gasteiger partial charge on any atom is 0.303 e. The van der Waals surface area contributed by atoms with Gasteiger partial charge in [0.05, 0.1) is 6.61 Å². The molecule has 5 nitrogen and oxygen atoms in total. The van der Waals surface area contributed by atoms with Gasteiger partial charge >= 0.3 is 5.97 Å². The summed E-state index contributed by atoms with van der Waals surface area (Å²) in [5, 5.41) is 8.83. The van der Waals surface area contributed by atoms with Crippen LogP contribution in [0.5, 0.6) is 0 Å². The number of aliphatic carboxylic acids is 1. The topological polar surface area (TPSA) is 66.8 Å². The maximum absolute atomic E-state index is 14.0. The molecule has 0 bridgehead atoms. The van der Waals surface area contributed by atoms with Gasteiger partial charge < -0.3 is 14.7 Å². The van der Waals surface area contributed by atoms with Crippen molar-refractivity contribution >= 4 is 11.9 Å². The molecule has 0 radical (unpaired) electrons. The summed E-state index contributed by atoms with van der Waals surface area (Å²) >= 11 is 0. The molecule has 1 aromatic rings. The minimum absolute atomic E-state index is 0.117. The minimum Gasteiger partial charge on any atom is -0.481 e. The molecule has 142 valence electrons. The normalized spacial score (nSPS) is 20.2. The molecular formula is C20H26FNO4. The van der Waals surface area contributed by atoms with Crippen LogP contribution in [0.2, 0.25) is 0 Å². The van der Waals surface area contributed by atoms with E-state index < -0.39 is 5.97 Å². The number of carbonyl (C=O) groups excluding carboxylic acids is 1. The molecular weight excluding hydrogens is 337 g/mol. The number of rotatable bonds is 8. The first-order valence-corrected chi connectivity index (χ1v) is 9.40. The third-order valence-electron chi connectivity index (χ3n) is 5.17. The highest BCUT2D eigenvalue weighted by atomic mass is 19.1. The van der Waals surface area contributed by atoms with Crippen LogP contribution in [0.15, 0.2) is 18.2 Å². The van der Waals surface area contributed by atoms with Crippen molar-refractivity contribution in [1.29, 1.82) is 0 Å². The molecule has 26 heavy (non-hydrogen) atoms. The Balaban J connectivity index is 1.59. The van der Waals surface area contributed by atoms with Crippen molar-refractivity contribution < 1.29 is 23.8 Å². The van der Waals surface area contributed by atoms with Gasteiger partial charge in [-0.3, -0.25) is 9.59 Å². The fraction of sp³-hybridized carbons (Fsp3) is 0.600. The van der Waals surface area contributed by atoms with Gasteiger partial charge in [-0.1, -0.05) is 0 Å². The summed E-state index contributed by atoms with van der Waals surface area (Å²) < 4.78 is 19.5. The van der Waals surface area contributed by atoms with Crippen LogP contribution in [0.25, 0.3) is 0 Å². The van der Waals surface area contributed by atoms with Crippen LogP contribution in [0.4, 0.5) is 4.39 Å². The van der Waals surface area contributed by atoms with Crippen LogP contribution in [-0.4, -0.2) is 41.6 Å². The van der Waals surface area contributed by atoms with Gasteiger partial charge in [-0.2, -0.15) is 0 Å². The zero-order chi connectivity index (χ0) is 18.5. The summed E-state index contributed by atoms with van der Waals surface area (Å²) in [7, 11) is 0. The highest BCUT2D eigenvalue weighted by Crippen LogP contribution is 2.29. The second-order valence-corrected chi connectivity index (χ2v) is 7.46. The number of piperidine rings is 1. The van der Waals surface area contributed by atoms with Crippen LogP contribution < -0.4 is 0 Å². The highest BCUT2D eigenvalue weighted by molar-refractivity contribution is 5.94. The molecule has 0 spiro atoms. The summed E-state index contributed by atoms with van der Waals surface area (Å²) in [4.78, 5) is 25.3. The van der Waals surface area contributed by atoms with E-state index in [0.717, 1.165) is 12.8 Å². The largest absolute Gasteiger partial charge is 0.481 e. The molecule has 1 saturated heterocycles. The Labute approximate surface area is 153 Å². The van der Waals surface area contributed by atoms with Crippen molar-refractivity contribution in [3.8, 4) is 0 Å². The van der Waals surface area contributed by atoms with E-state index in [-0.39, 0.29) is 30.7 Å². The molecule has 3 rings (SSSR count). The van der Waals surface area contributed by atoms with Crippen LogP contribution in [0.1, 0.15) is 54.4 Å². The third kappa shape index (κ3) is 5.27. The van der Waals surface area contributed by atoms with E-state index in [2.05, 4.69) is 0 Å². The summed E-state index contributed by atoms with van der Waals surface area (Å²) in [5.74, 6) is -0.448. The van der Waals surface area contributed by atoms with E-state index in [1.54, 1.807) is 11.0 Å². The number of likely N-dealkylation sites (tertiary alicyclic amines) is 1. The van der Waals surface area contributed by atoms with Crippen molar-refractivity contribution in [1.82, 2.24) is 4.90 Å². The first-order valence-electron chi connectivity index (χ1n) is 9.40. The van der Waals surface area contributed by atoms with Crippen LogP contribution in [0.3, 0.4) is 0 Å². The van der Waals surface area contributed by atoms with E-state index in [4.69, 9.17) is 9.84 Å². The number of benzene rings is 1. The van der Waals surface area contributed by atoms with Gasteiger partial charge in [0.25, 0.3) is 5.91 Å². The van der Waals surface area contributed by atoms with Gasteiger partial charge in [-0.05, 0) is 62.1 Å². The first kappa shape index (κ1) is 18.8. The van der Waals surface area contributed by atoms with Gasteiger partial charge in [0, 0.05) is 37.2 Å². The van der Waals surface area contributed by atoms with E-state index in [1.807, 2.05) is 0 Å². The Kier molecular flexibility index (Phi) is 6.25. The second-order valence-electron chi connectivity index (χ2n) is 7.46. The first-order chi connectivity index (χ1) is 12.5. The lowest BCUT2D eigenvalue weighted by atomic mass is 9.93. The molecule has 1 saturated carbocycles. The molecule has 2 aliphatic rings. The second kappa shape index (κ2) is 8.62. The monoisotopic (exact) mass is 363 g/mol. The van der Waals surface area contributed by atoms with Gasteiger partial charge in [0.1, 0.15) is 5.82 Å². The molecule has 1 aliphatic heterocycles. The zero-order valence-corrected chi connectivity index (χ0v) is 15.0. The van der Waals surface area contributed by atoms with Crippen LogP contribution in [-0.2, 0) is 16.1 Å². The van der Waals surface area contributed by atoms with Crippen LogP contribution in [0, 0.1) is 17.7 Å². The number of halogens is 1. The molecule has 2 fully saturated rings. The van der Waals surface area contributed by atoms with E-state index in [0.29, 0.717) is 43.2 Å². The number of nitrogens with zero attached hydrogens (tertiary/aromatic N) is 1. The summed E-state index contributed by atoms with van der Waals surface area (Å²) in [5.41, 5.74) is 0.881. The predicted octanol–water partition coefficient (Wildman–Crippen LogP) is 3.47. The van der Waals surface area contributed by atoms with Crippen LogP contribution >= 0.6 is 0 Å². The van der Waals surface area contributed by atoms with E-state index in [1.165, 1.54) is 25.0 Å². The molecule has 1 N–H and O–H groups in total. The average molecular weight is 363 g/mol. The average Bonchev–Trinajstić information content (AvgIpc) is 3.45. The van der Waals surface area contributed by atoms with E-state index in [9.17, 15) is 14.0 Å². The number of amides is 1. The smallest absolute Gasteiger partial charge is 0.303 e. The van der Waals surface area contributed by atoms with E-state index >= 15 is 0 Å².